The highest BCUT2D eigenvalue weighted by atomic mass is 35.5. The summed E-state index contributed by atoms with van der Waals surface area (Å²) in [6, 6.07) is 11.2. The third kappa shape index (κ3) is 5.32. The molecule has 150 valence electrons. The van der Waals surface area contributed by atoms with E-state index in [1.165, 1.54) is 9.78 Å². The van der Waals surface area contributed by atoms with E-state index >= 15 is 0 Å². The van der Waals surface area contributed by atoms with Crippen LogP contribution in [0.3, 0.4) is 0 Å². The van der Waals surface area contributed by atoms with Gasteiger partial charge in [0.2, 0.25) is 0 Å². The van der Waals surface area contributed by atoms with E-state index < -0.39 is 11.8 Å². The minimum atomic E-state index is -0.659. The highest BCUT2D eigenvalue weighted by Gasteiger charge is 2.33. The van der Waals surface area contributed by atoms with Crippen molar-refractivity contribution in [3.05, 3.63) is 57.2 Å². The van der Waals surface area contributed by atoms with E-state index in [9.17, 15) is 9.59 Å². The molecule has 1 aliphatic rings. The summed E-state index contributed by atoms with van der Waals surface area (Å²) in [7, 11) is 0. The van der Waals surface area contributed by atoms with Crippen LogP contribution < -0.4 is 15.5 Å². The molecule has 2 amide bonds. The number of benzene rings is 1. The highest BCUT2D eigenvalue weighted by Crippen LogP contribution is 2.20. The lowest BCUT2D eigenvalue weighted by Gasteiger charge is -2.34. The molecule has 1 aliphatic heterocycles. The first-order chi connectivity index (χ1) is 13.6. The van der Waals surface area contributed by atoms with Crippen molar-refractivity contribution < 1.29 is 19.2 Å². The van der Waals surface area contributed by atoms with E-state index in [0.717, 1.165) is 18.7 Å². The van der Waals surface area contributed by atoms with E-state index in [2.05, 4.69) is 16.7 Å². The second kappa shape index (κ2) is 10.0. The van der Waals surface area contributed by atoms with Crippen molar-refractivity contribution >= 4 is 34.8 Å². The first-order valence-corrected chi connectivity index (χ1v) is 10.6. The van der Waals surface area contributed by atoms with Gasteiger partial charge in [-0.2, -0.15) is 0 Å². The van der Waals surface area contributed by atoms with Crippen LogP contribution in [0.25, 0.3) is 0 Å². The molecule has 2 aromatic rings. The Kier molecular flexibility index (Phi) is 7.44. The zero-order chi connectivity index (χ0) is 19.9. The molecule has 0 saturated carbocycles. The van der Waals surface area contributed by atoms with Crippen molar-refractivity contribution in [2.45, 2.75) is 25.6 Å². The Balaban J connectivity index is 1.60. The summed E-state index contributed by atoms with van der Waals surface area (Å²) in [6.45, 7) is 5.32. The van der Waals surface area contributed by atoms with Gasteiger partial charge in [-0.15, -0.1) is 11.3 Å². The number of hydrogen-bond acceptors (Lipinski definition) is 4. The summed E-state index contributed by atoms with van der Waals surface area (Å²) in [5.74, 6) is -1.29. The summed E-state index contributed by atoms with van der Waals surface area (Å²) < 4.78 is 5.47. The fraction of sp³-hybridized carbons (Fsp3) is 0.400. The van der Waals surface area contributed by atoms with Crippen LogP contribution in [0.2, 0.25) is 5.02 Å². The predicted octanol–water partition coefficient (Wildman–Crippen LogP) is 1.18. The van der Waals surface area contributed by atoms with Crippen molar-refractivity contribution in [1.29, 1.82) is 0 Å². The molecule has 0 spiro atoms. The fourth-order valence-electron chi connectivity index (χ4n) is 3.47. The number of nitrogens with one attached hydrogen (secondary N) is 3. The molecule has 0 bridgehead atoms. The van der Waals surface area contributed by atoms with Gasteiger partial charge in [0.1, 0.15) is 19.1 Å². The number of hydrogen-bond donors (Lipinski definition) is 3. The van der Waals surface area contributed by atoms with Gasteiger partial charge in [-0.3, -0.25) is 9.59 Å². The molecule has 28 heavy (non-hydrogen) atoms. The third-order valence-corrected chi connectivity index (χ3v) is 6.21. The average Bonchev–Trinajstić information content (AvgIpc) is 3.22. The van der Waals surface area contributed by atoms with Crippen molar-refractivity contribution in [3.8, 4) is 0 Å². The van der Waals surface area contributed by atoms with Crippen LogP contribution in [0.4, 0.5) is 0 Å². The van der Waals surface area contributed by atoms with Crippen molar-refractivity contribution in [2.75, 3.05) is 26.3 Å². The van der Waals surface area contributed by atoms with E-state index in [0.29, 0.717) is 18.2 Å². The van der Waals surface area contributed by atoms with E-state index in [1.807, 2.05) is 36.6 Å². The molecule has 0 radical (unpaired) electrons. The molecular weight excluding hydrogens is 398 g/mol. The molecule has 3 N–H and O–H groups in total. The fourth-order valence-corrected chi connectivity index (χ4v) is 4.66. The van der Waals surface area contributed by atoms with Crippen molar-refractivity contribution in [1.82, 2.24) is 10.6 Å². The Hall–Kier alpha value is -1.93. The summed E-state index contributed by atoms with van der Waals surface area (Å²) in [5.41, 5.74) is 0.771. The van der Waals surface area contributed by atoms with Gasteiger partial charge in [-0.25, -0.2) is 0 Å². The van der Waals surface area contributed by atoms with Crippen LogP contribution in [-0.2, 0) is 20.9 Å². The van der Waals surface area contributed by atoms with Gasteiger partial charge in [0.15, 0.2) is 0 Å². The average molecular weight is 423 g/mol. The van der Waals surface area contributed by atoms with Crippen LogP contribution in [0.1, 0.15) is 23.4 Å². The largest absolute Gasteiger partial charge is 0.370 e. The molecular formula is C20H25ClN3O3S+. The molecule has 1 aromatic carbocycles. The van der Waals surface area contributed by atoms with Crippen LogP contribution in [0.5, 0.6) is 0 Å². The smallest absolute Gasteiger partial charge is 0.309 e. The molecule has 6 nitrogen and oxygen atoms in total. The van der Waals surface area contributed by atoms with Gasteiger partial charge in [-0.05, 0) is 30.0 Å². The van der Waals surface area contributed by atoms with Gasteiger partial charge in [0.25, 0.3) is 0 Å². The maximum Gasteiger partial charge on any atom is 0.309 e. The number of thiophene rings is 1. The van der Waals surface area contributed by atoms with Crippen LogP contribution in [0, 0.1) is 0 Å². The molecule has 1 fully saturated rings. The normalized spacial score (nSPS) is 16.9. The molecule has 0 aliphatic carbocycles. The van der Waals surface area contributed by atoms with Gasteiger partial charge in [0, 0.05) is 11.6 Å². The van der Waals surface area contributed by atoms with Gasteiger partial charge >= 0.3 is 11.8 Å². The number of carbonyl (C=O) groups excluding carboxylic acids is 2. The molecule has 1 aromatic heterocycles. The molecule has 2 atom stereocenters. The first-order valence-electron chi connectivity index (χ1n) is 9.34. The Morgan fingerprint density at radius 1 is 1.18 bits per heavy atom. The van der Waals surface area contributed by atoms with Crippen molar-refractivity contribution in [3.63, 3.8) is 0 Å². The number of carbonyl (C=O) groups is 2. The number of amides is 2. The van der Waals surface area contributed by atoms with Crippen LogP contribution in [0.15, 0.2) is 41.8 Å². The first kappa shape index (κ1) is 20.8. The Morgan fingerprint density at radius 3 is 2.61 bits per heavy atom. The lowest BCUT2D eigenvalue weighted by atomic mass is 10.1. The standard InChI is InChI=1S/C20H24ClN3O3S/c1-14(18(17-7-4-12-28-17)24-8-10-27-11-9-24)23-20(26)19(25)22-13-15-5-2-3-6-16(15)21/h2-7,12,14,18H,8-11,13H2,1H3,(H,22,25)(H,23,26)/p+1/t14-,18+/m0/s1. The SMILES string of the molecule is C[C@H](NC(=O)C(=O)NCc1ccccc1Cl)[C@H](c1cccs1)[NH+]1CCOCC1. The second-order valence-corrected chi connectivity index (χ2v) is 8.19. The zero-order valence-corrected chi connectivity index (χ0v) is 17.3. The quantitative estimate of drug-likeness (QED) is 0.612. The number of halogens is 1. The Labute approximate surface area is 173 Å². The Morgan fingerprint density at radius 2 is 1.93 bits per heavy atom. The van der Waals surface area contributed by atoms with Crippen molar-refractivity contribution in [2.24, 2.45) is 0 Å². The summed E-state index contributed by atoms with van der Waals surface area (Å²) in [4.78, 5) is 27.2. The monoisotopic (exact) mass is 422 g/mol. The molecule has 3 rings (SSSR count). The van der Waals surface area contributed by atoms with Gasteiger partial charge in [-0.1, -0.05) is 35.9 Å². The van der Waals surface area contributed by atoms with E-state index in [-0.39, 0.29) is 18.6 Å². The summed E-state index contributed by atoms with van der Waals surface area (Å²) >= 11 is 7.76. The number of ether oxygens (including phenoxy) is 1. The predicted molar refractivity (Wildman–Crippen MR) is 109 cm³/mol. The highest BCUT2D eigenvalue weighted by molar-refractivity contribution is 7.10. The van der Waals surface area contributed by atoms with E-state index in [1.54, 1.807) is 17.4 Å². The maximum atomic E-state index is 12.4. The number of quaternary nitrogens is 1. The third-order valence-electron chi connectivity index (χ3n) is 4.89. The maximum absolute atomic E-state index is 12.4. The topological polar surface area (TPSA) is 71.9 Å². The molecule has 2 heterocycles. The van der Waals surface area contributed by atoms with Gasteiger partial charge < -0.3 is 20.3 Å². The van der Waals surface area contributed by atoms with Gasteiger partial charge in [0.05, 0.1) is 24.1 Å². The van der Waals surface area contributed by atoms with Crippen LogP contribution >= 0.6 is 22.9 Å². The lowest BCUT2D eigenvalue weighted by molar-refractivity contribution is -0.939. The molecule has 8 heteroatoms. The summed E-state index contributed by atoms with van der Waals surface area (Å²) in [5, 5.41) is 8.11. The second-order valence-electron chi connectivity index (χ2n) is 6.80. The lowest BCUT2D eigenvalue weighted by Crippen LogP contribution is -3.15. The zero-order valence-electron chi connectivity index (χ0n) is 15.7. The van der Waals surface area contributed by atoms with Crippen LogP contribution in [-0.4, -0.2) is 44.2 Å². The number of rotatable bonds is 6. The molecule has 1 saturated heterocycles. The minimum absolute atomic E-state index is 0.0872. The molecule has 0 unspecified atom stereocenters. The Bertz CT molecular complexity index is 794. The van der Waals surface area contributed by atoms with E-state index in [4.69, 9.17) is 16.3 Å². The minimum Gasteiger partial charge on any atom is -0.370 e. The number of morpholine rings is 1. The summed E-state index contributed by atoms with van der Waals surface area (Å²) in [6.07, 6.45) is 0.